The Labute approximate surface area is 135 Å². The Balaban J connectivity index is 1.72. The van der Waals surface area contributed by atoms with Crippen LogP contribution in [0.15, 0.2) is 53.4 Å². The van der Waals surface area contributed by atoms with Crippen molar-refractivity contribution in [3.63, 3.8) is 0 Å². The predicted octanol–water partition coefficient (Wildman–Crippen LogP) is 2.93. The molecule has 0 aliphatic carbocycles. The summed E-state index contributed by atoms with van der Waals surface area (Å²) in [5.41, 5.74) is 0.984. The Hall–Kier alpha value is -2.05. The SMILES string of the molecule is Cc1ccc(S(=O)(=O)OC(C)C2COc3ccccc3O2)cc1. The zero-order chi connectivity index (χ0) is 16.4. The second-order valence-electron chi connectivity index (χ2n) is 5.48. The number of hydrogen-bond donors (Lipinski definition) is 0. The van der Waals surface area contributed by atoms with E-state index < -0.39 is 22.3 Å². The van der Waals surface area contributed by atoms with E-state index in [1.807, 2.05) is 19.1 Å². The lowest BCUT2D eigenvalue weighted by molar-refractivity contribution is 0.0138. The third-order valence-corrected chi connectivity index (χ3v) is 5.05. The largest absolute Gasteiger partial charge is 0.486 e. The van der Waals surface area contributed by atoms with Crippen molar-refractivity contribution in [3.8, 4) is 11.5 Å². The van der Waals surface area contributed by atoms with Gasteiger partial charge in [-0.05, 0) is 38.1 Å². The van der Waals surface area contributed by atoms with Gasteiger partial charge in [0.05, 0.1) is 4.90 Å². The molecule has 0 saturated carbocycles. The third kappa shape index (κ3) is 3.48. The molecule has 0 spiro atoms. The molecule has 2 atom stereocenters. The summed E-state index contributed by atoms with van der Waals surface area (Å²) < 4.78 is 41.3. The molecular formula is C17H18O5S. The number of ether oxygens (including phenoxy) is 2. The van der Waals surface area contributed by atoms with Crippen molar-refractivity contribution < 1.29 is 22.1 Å². The third-order valence-electron chi connectivity index (χ3n) is 3.64. The molecule has 1 heterocycles. The standard InChI is InChI=1S/C17H18O5S/c1-12-7-9-14(10-8-12)23(18,19)22-13(2)17-11-20-15-5-3-4-6-16(15)21-17/h3-10,13,17H,11H2,1-2H3. The molecule has 2 unspecified atom stereocenters. The zero-order valence-corrected chi connectivity index (χ0v) is 13.7. The maximum atomic E-state index is 12.3. The topological polar surface area (TPSA) is 61.8 Å². The Morgan fingerprint density at radius 1 is 1.09 bits per heavy atom. The monoisotopic (exact) mass is 334 g/mol. The highest BCUT2D eigenvalue weighted by Gasteiger charge is 2.30. The van der Waals surface area contributed by atoms with Crippen LogP contribution >= 0.6 is 0 Å². The Morgan fingerprint density at radius 3 is 2.43 bits per heavy atom. The van der Waals surface area contributed by atoms with Gasteiger partial charge in [0.1, 0.15) is 12.7 Å². The highest BCUT2D eigenvalue weighted by molar-refractivity contribution is 7.86. The van der Waals surface area contributed by atoms with E-state index in [-0.39, 0.29) is 11.5 Å². The average Bonchev–Trinajstić information content (AvgIpc) is 2.54. The first-order valence-corrected chi connectivity index (χ1v) is 8.75. The van der Waals surface area contributed by atoms with Crippen molar-refractivity contribution in [2.75, 3.05) is 6.61 Å². The summed E-state index contributed by atoms with van der Waals surface area (Å²) in [6, 6.07) is 13.8. The minimum Gasteiger partial charge on any atom is -0.486 e. The van der Waals surface area contributed by atoms with Gasteiger partial charge in [0.2, 0.25) is 0 Å². The number of hydrogen-bond acceptors (Lipinski definition) is 5. The molecule has 0 amide bonds. The van der Waals surface area contributed by atoms with Gasteiger partial charge in [-0.1, -0.05) is 29.8 Å². The Morgan fingerprint density at radius 2 is 1.74 bits per heavy atom. The van der Waals surface area contributed by atoms with Crippen LogP contribution in [0.2, 0.25) is 0 Å². The van der Waals surface area contributed by atoms with Gasteiger partial charge in [-0.25, -0.2) is 0 Å². The van der Waals surface area contributed by atoms with Crippen molar-refractivity contribution in [2.24, 2.45) is 0 Å². The first-order valence-electron chi connectivity index (χ1n) is 7.34. The fourth-order valence-electron chi connectivity index (χ4n) is 2.29. The van der Waals surface area contributed by atoms with Crippen molar-refractivity contribution in [3.05, 3.63) is 54.1 Å². The van der Waals surface area contributed by atoms with Crippen molar-refractivity contribution >= 4 is 10.1 Å². The molecule has 2 aromatic rings. The van der Waals surface area contributed by atoms with Gasteiger partial charge in [-0.3, -0.25) is 4.18 Å². The van der Waals surface area contributed by atoms with Crippen LogP contribution in [0, 0.1) is 6.92 Å². The van der Waals surface area contributed by atoms with Crippen LogP contribution < -0.4 is 9.47 Å². The first-order chi connectivity index (χ1) is 11.0. The molecule has 1 aliphatic heterocycles. The highest BCUT2D eigenvalue weighted by Crippen LogP contribution is 2.32. The molecule has 3 rings (SSSR count). The molecule has 122 valence electrons. The second kappa shape index (κ2) is 6.22. The number of benzene rings is 2. The summed E-state index contributed by atoms with van der Waals surface area (Å²) in [5, 5.41) is 0. The normalized spacial score (nSPS) is 18.4. The lowest BCUT2D eigenvalue weighted by atomic mass is 10.2. The van der Waals surface area contributed by atoms with Gasteiger partial charge >= 0.3 is 0 Å². The van der Waals surface area contributed by atoms with Gasteiger partial charge in [-0.15, -0.1) is 0 Å². The number of rotatable bonds is 4. The molecular weight excluding hydrogens is 316 g/mol. The van der Waals surface area contributed by atoms with Gasteiger partial charge in [0.15, 0.2) is 17.6 Å². The van der Waals surface area contributed by atoms with Crippen LogP contribution in [0.3, 0.4) is 0 Å². The Bertz CT molecular complexity index is 783. The molecule has 6 heteroatoms. The van der Waals surface area contributed by atoms with Gasteiger partial charge < -0.3 is 9.47 Å². The van der Waals surface area contributed by atoms with Crippen LogP contribution in [0.5, 0.6) is 11.5 Å². The fourth-order valence-corrected chi connectivity index (χ4v) is 3.39. The predicted molar refractivity (Wildman–Crippen MR) is 85.3 cm³/mol. The number of fused-ring (bicyclic) bond motifs is 1. The fraction of sp³-hybridized carbons (Fsp3) is 0.294. The lowest BCUT2D eigenvalue weighted by Crippen LogP contribution is -2.40. The van der Waals surface area contributed by atoms with Crippen LogP contribution in [-0.2, 0) is 14.3 Å². The lowest BCUT2D eigenvalue weighted by Gasteiger charge is -2.29. The zero-order valence-electron chi connectivity index (χ0n) is 12.9. The molecule has 2 aromatic carbocycles. The van der Waals surface area contributed by atoms with E-state index in [2.05, 4.69) is 0 Å². The summed E-state index contributed by atoms with van der Waals surface area (Å²) in [4.78, 5) is 0.132. The quantitative estimate of drug-likeness (QED) is 0.805. The van der Waals surface area contributed by atoms with E-state index in [0.717, 1.165) is 5.56 Å². The van der Waals surface area contributed by atoms with Crippen molar-refractivity contribution in [1.82, 2.24) is 0 Å². The molecule has 0 radical (unpaired) electrons. The minimum atomic E-state index is -3.84. The maximum Gasteiger partial charge on any atom is 0.297 e. The Kier molecular flexibility index (Phi) is 4.28. The van der Waals surface area contributed by atoms with E-state index in [1.165, 1.54) is 12.1 Å². The summed E-state index contributed by atoms with van der Waals surface area (Å²) in [5.74, 6) is 1.24. The minimum absolute atomic E-state index is 0.132. The van der Waals surface area contributed by atoms with E-state index in [1.54, 1.807) is 31.2 Å². The van der Waals surface area contributed by atoms with E-state index in [9.17, 15) is 8.42 Å². The van der Waals surface area contributed by atoms with Crippen LogP contribution in [-0.4, -0.2) is 27.2 Å². The van der Waals surface area contributed by atoms with Crippen LogP contribution in [0.25, 0.3) is 0 Å². The molecule has 0 aromatic heterocycles. The van der Waals surface area contributed by atoms with E-state index in [0.29, 0.717) is 11.5 Å². The highest BCUT2D eigenvalue weighted by atomic mass is 32.2. The van der Waals surface area contributed by atoms with Crippen LogP contribution in [0.4, 0.5) is 0 Å². The summed E-state index contributed by atoms with van der Waals surface area (Å²) in [6.45, 7) is 3.79. The average molecular weight is 334 g/mol. The molecule has 0 fully saturated rings. The summed E-state index contributed by atoms with van der Waals surface area (Å²) in [7, 11) is -3.84. The second-order valence-corrected chi connectivity index (χ2v) is 7.05. The summed E-state index contributed by atoms with van der Waals surface area (Å²) >= 11 is 0. The molecule has 0 N–H and O–H groups in total. The molecule has 23 heavy (non-hydrogen) atoms. The first kappa shape index (κ1) is 15.8. The number of aryl methyl sites for hydroxylation is 1. The van der Waals surface area contributed by atoms with Gasteiger partial charge in [0.25, 0.3) is 10.1 Å². The molecule has 0 saturated heterocycles. The maximum absolute atomic E-state index is 12.3. The smallest absolute Gasteiger partial charge is 0.297 e. The van der Waals surface area contributed by atoms with Gasteiger partial charge in [-0.2, -0.15) is 8.42 Å². The molecule has 5 nitrogen and oxygen atoms in total. The van der Waals surface area contributed by atoms with Crippen molar-refractivity contribution in [2.45, 2.75) is 31.0 Å². The van der Waals surface area contributed by atoms with E-state index >= 15 is 0 Å². The summed E-state index contributed by atoms with van der Waals surface area (Å²) in [6.07, 6.45) is -1.17. The van der Waals surface area contributed by atoms with Crippen molar-refractivity contribution in [1.29, 1.82) is 0 Å². The molecule has 0 bridgehead atoms. The molecule has 1 aliphatic rings. The van der Waals surface area contributed by atoms with Gasteiger partial charge in [0, 0.05) is 0 Å². The van der Waals surface area contributed by atoms with Crippen LogP contribution in [0.1, 0.15) is 12.5 Å². The van der Waals surface area contributed by atoms with E-state index in [4.69, 9.17) is 13.7 Å². The number of para-hydroxylation sites is 2.